The standard InChI is InChI=1S/C13H21N3O/c1-16(2)10-9-15-13(17)7-3-5-12-6-4-8-14-11-12/h4,6,8,11H,3,5,7,9-10H2,1-2H3,(H,15,17). The lowest BCUT2D eigenvalue weighted by atomic mass is 10.1. The van der Waals surface area contributed by atoms with Crippen LogP contribution in [0.25, 0.3) is 0 Å². The van der Waals surface area contributed by atoms with Crippen LogP contribution in [-0.4, -0.2) is 43.0 Å². The van der Waals surface area contributed by atoms with Crippen LogP contribution in [0.3, 0.4) is 0 Å². The van der Waals surface area contributed by atoms with Crippen LogP contribution in [0.4, 0.5) is 0 Å². The van der Waals surface area contributed by atoms with Crippen molar-refractivity contribution >= 4 is 5.91 Å². The highest BCUT2D eigenvalue weighted by Crippen LogP contribution is 2.02. The molecule has 1 rings (SSSR count). The van der Waals surface area contributed by atoms with Crippen LogP contribution in [-0.2, 0) is 11.2 Å². The lowest BCUT2D eigenvalue weighted by Gasteiger charge is -2.10. The number of aromatic nitrogens is 1. The van der Waals surface area contributed by atoms with Crippen molar-refractivity contribution in [2.75, 3.05) is 27.2 Å². The van der Waals surface area contributed by atoms with Crippen LogP contribution < -0.4 is 5.32 Å². The fourth-order valence-electron chi connectivity index (χ4n) is 1.51. The van der Waals surface area contributed by atoms with E-state index < -0.39 is 0 Å². The number of amides is 1. The van der Waals surface area contributed by atoms with E-state index in [1.807, 2.05) is 32.4 Å². The molecule has 0 aliphatic heterocycles. The Labute approximate surface area is 103 Å². The summed E-state index contributed by atoms with van der Waals surface area (Å²) in [5.41, 5.74) is 1.19. The Morgan fingerprint density at radius 2 is 2.29 bits per heavy atom. The van der Waals surface area contributed by atoms with Crippen LogP contribution in [0.1, 0.15) is 18.4 Å². The summed E-state index contributed by atoms with van der Waals surface area (Å²) in [7, 11) is 3.99. The molecule has 0 atom stereocenters. The smallest absolute Gasteiger partial charge is 0.220 e. The van der Waals surface area contributed by atoms with Crippen LogP contribution in [0.5, 0.6) is 0 Å². The number of hydrogen-bond acceptors (Lipinski definition) is 3. The Hall–Kier alpha value is -1.42. The first-order valence-corrected chi connectivity index (χ1v) is 5.99. The monoisotopic (exact) mass is 235 g/mol. The van der Waals surface area contributed by atoms with Gasteiger partial charge >= 0.3 is 0 Å². The minimum absolute atomic E-state index is 0.135. The number of hydrogen-bond donors (Lipinski definition) is 1. The van der Waals surface area contributed by atoms with Crippen molar-refractivity contribution < 1.29 is 4.79 Å². The number of nitrogens with zero attached hydrogens (tertiary/aromatic N) is 2. The Balaban J connectivity index is 2.08. The van der Waals surface area contributed by atoms with Gasteiger partial charge in [0.2, 0.25) is 5.91 Å². The molecule has 0 saturated carbocycles. The van der Waals surface area contributed by atoms with E-state index in [4.69, 9.17) is 0 Å². The molecule has 17 heavy (non-hydrogen) atoms. The lowest BCUT2D eigenvalue weighted by Crippen LogP contribution is -2.31. The first kappa shape index (κ1) is 13.6. The maximum Gasteiger partial charge on any atom is 0.220 e. The molecule has 1 heterocycles. The third kappa shape index (κ3) is 6.68. The second kappa shape index (κ2) is 7.79. The lowest BCUT2D eigenvalue weighted by molar-refractivity contribution is -0.121. The highest BCUT2D eigenvalue weighted by molar-refractivity contribution is 5.75. The van der Waals surface area contributed by atoms with Crippen LogP contribution in [0.15, 0.2) is 24.5 Å². The highest BCUT2D eigenvalue weighted by atomic mass is 16.1. The zero-order chi connectivity index (χ0) is 12.5. The molecular formula is C13H21N3O. The summed E-state index contributed by atoms with van der Waals surface area (Å²) >= 11 is 0. The number of carbonyl (C=O) groups is 1. The Morgan fingerprint density at radius 1 is 1.47 bits per heavy atom. The third-order valence-corrected chi connectivity index (χ3v) is 2.47. The van der Waals surface area contributed by atoms with Crippen molar-refractivity contribution in [3.05, 3.63) is 30.1 Å². The second-order valence-electron chi connectivity index (χ2n) is 4.37. The fourth-order valence-corrected chi connectivity index (χ4v) is 1.51. The van der Waals surface area contributed by atoms with Crippen LogP contribution in [0.2, 0.25) is 0 Å². The third-order valence-electron chi connectivity index (χ3n) is 2.47. The SMILES string of the molecule is CN(C)CCNC(=O)CCCc1cccnc1. The van der Waals surface area contributed by atoms with E-state index in [0.717, 1.165) is 25.9 Å². The Kier molecular flexibility index (Phi) is 6.25. The van der Waals surface area contributed by atoms with Crippen molar-refractivity contribution in [2.45, 2.75) is 19.3 Å². The molecule has 0 aromatic carbocycles. The zero-order valence-corrected chi connectivity index (χ0v) is 10.6. The molecule has 1 aromatic heterocycles. The van der Waals surface area contributed by atoms with E-state index in [2.05, 4.69) is 15.2 Å². The first-order valence-electron chi connectivity index (χ1n) is 5.99. The molecule has 94 valence electrons. The predicted octanol–water partition coefficient (Wildman–Crippen LogP) is 1.08. The van der Waals surface area contributed by atoms with Gasteiger partial charge in [-0.05, 0) is 38.6 Å². The van der Waals surface area contributed by atoms with Gasteiger partial charge in [-0.3, -0.25) is 9.78 Å². The normalized spacial score (nSPS) is 10.5. The molecule has 0 aliphatic carbocycles. The van der Waals surface area contributed by atoms with Gasteiger partial charge in [0.1, 0.15) is 0 Å². The summed E-state index contributed by atoms with van der Waals surface area (Å²) in [5.74, 6) is 0.135. The van der Waals surface area contributed by atoms with Crippen molar-refractivity contribution in [2.24, 2.45) is 0 Å². The molecule has 4 heteroatoms. The van der Waals surface area contributed by atoms with Gasteiger partial charge < -0.3 is 10.2 Å². The average molecular weight is 235 g/mol. The molecule has 1 N–H and O–H groups in total. The minimum atomic E-state index is 0.135. The van der Waals surface area contributed by atoms with Crippen molar-refractivity contribution in [3.8, 4) is 0 Å². The Morgan fingerprint density at radius 3 is 2.94 bits per heavy atom. The molecule has 0 fully saturated rings. The van der Waals surface area contributed by atoms with Gasteiger partial charge in [-0.2, -0.15) is 0 Å². The topological polar surface area (TPSA) is 45.2 Å². The van der Waals surface area contributed by atoms with Gasteiger partial charge in [-0.25, -0.2) is 0 Å². The number of carbonyl (C=O) groups excluding carboxylic acids is 1. The van der Waals surface area contributed by atoms with E-state index >= 15 is 0 Å². The molecule has 1 aromatic rings. The van der Waals surface area contributed by atoms with E-state index in [0.29, 0.717) is 6.42 Å². The summed E-state index contributed by atoms with van der Waals surface area (Å²) in [5, 5.41) is 2.90. The minimum Gasteiger partial charge on any atom is -0.355 e. The summed E-state index contributed by atoms with van der Waals surface area (Å²) < 4.78 is 0. The molecule has 0 radical (unpaired) electrons. The molecular weight excluding hydrogens is 214 g/mol. The van der Waals surface area contributed by atoms with Crippen molar-refractivity contribution in [1.29, 1.82) is 0 Å². The highest BCUT2D eigenvalue weighted by Gasteiger charge is 2.01. The number of nitrogens with one attached hydrogen (secondary N) is 1. The maximum atomic E-state index is 11.5. The molecule has 0 bridgehead atoms. The Bertz CT molecular complexity index is 325. The van der Waals surface area contributed by atoms with Gasteiger partial charge in [-0.1, -0.05) is 6.07 Å². The van der Waals surface area contributed by atoms with Crippen LogP contribution >= 0.6 is 0 Å². The largest absolute Gasteiger partial charge is 0.355 e. The average Bonchev–Trinajstić information content (AvgIpc) is 2.30. The van der Waals surface area contributed by atoms with Crippen LogP contribution in [0, 0.1) is 0 Å². The van der Waals surface area contributed by atoms with Gasteiger partial charge in [0.25, 0.3) is 0 Å². The van der Waals surface area contributed by atoms with E-state index in [9.17, 15) is 4.79 Å². The van der Waals surface area contributed by atoms with Crippen molar-refractivity contribution in [1.82, 2.24) is 15.2 Å². The molecule has 0 aliphatic rings. The van der Waals surface area contributed by atoms with E-state index in [1.165, 1.54) is 5.56 Å². The molecule has 1 amide bonds. The number of rotatable bonds is 7. The van der Waals surface area contributed by atoms with Gasteiger partial charge in [-0.15, -0.1) is 0 Å². The zero-order valence-electron chi connectivity index (χ0n) is 10.6. The molecule has 0 saturated heterocycles. The summed E-state index contributed by atoms with van der Waals surface area (Å²) in [4.78, 5) is 17.6. The second-order valence-corrected chi connectivity index (χ2v) is 4.37. The van der Waals surface area contributed by atoms with Gasteiger partial charge in [0.05, 0.1) is 0 Å². The summed E-state index contributed by atoms with van der Waals surface area (Å²) in [6, 6.07) is 3.96. The predicted molar refractivity (Wildman–Crippen MR) is 68.7 cm³/mol. The maximum absolute atomic E-state index is 11.5. The summed E-state index contributed by atoms with van der Waals surface area (Å²) in [6.45, 7) is 1.60. The van der Waals surface area contributed by atoms with Gasteiger partial charge in [0.15, 0.2) is 0 Å². The number of likely N-dealkylation sites (N-methyl/N-ethyl adjacent to an activating group) is 1. The quantitative estimate of drug-likeness (QED) is 0.769. The first-order chi connectivity index (χ1) is 8.18. The van der Waals surface area contributed by atoms with E-state index in [-0.39, 0.29) is 5.91 Å². The number of aryl methyl sites for hydroxylation is 1. The van der Waals surface area contributed by atoms with E-state index in [1.54, 1.807) is 6.20 Å². The number of pyridine rings is 1. The van der Waals surface area contributed by atoms with Gasteiger partial charge in [0, 0.05) is 31.9 Å². The molecule has 0 unspecified atom stereocenters. The summed E-state index contributed by atoms with van der Waals surface area (Å²) in [6.07, 6.45) is 5.98. The molecule has 0 spiro atoms. The molecule has 4 nitrogen and oxygen atoms in total. The van der Waals surface area contributed by atoms with Crippen molar-refractivity contribution in [3.63, 3.8) is 0 Å². The fraction of sp³-hybridized carbons (Fsp3) is 0.538.